The van der Waals surface area contributed by atoms with Gasteiger partial charge in [-0.05, 0) is 6.92 Å². The molecule has 5 heteroatoms. The third kappa shape index (κ3) is 1.88. The molecule has 0 bridgehead atoms. The van der Waals surface area contributed by atoms with Crippen molar-refractivity contribution in [1.29, 1.82) is 5.26 Å². The summed E-state index contributed by atoms with van der Waals surface area (Å²) < 4.78 is 39.3. The lowest BCUT2D eigenvalue weighted by Crippen LogP contribution is -2.33. The van der Waals surface area contributed by atoms with Gasteiger partial charge in [0.15, 0.2) is 0 Å². The van der Waals surface area contributed by atoms with Gasteiger partial charge < -0.3 is 4.74 Å². The largest absolute Gasteiger partial charge is 0.357 e. The third-order valence-corrected chi connectivity index (χ3v) is 0.788. The van der Waals surface area contributed by atoms with Gasteiger partial charge in [0.2, 0.25) is 0 Å². The van der Waals surface area contributed by atoms with Gasteiger partial charge in [-0.2, -0.15) is 9.65 Å². The van der Waals surface area contributed by atoms with Crippen molar-refractivity contribution in [3.8, 4) is 6.07 Å². The Kier molecular flexibility index (Phi) is 3.16. The molecule has 1 unspecified atom stereocenters. The van der Waals surface area contributed by atoms with Gasteiger partial charge in [-0.3, -0.25) is 0 Å². The summed E-state index contributed by atoms with van der Waals surface area (Å²) in [6.45, 7) is 1.07. The molecule has 0 amide bonds. The maximum absolute atomic E-state index is 12.3. The standard InChI is InChI=1S/C5H6F3NO/c1-2-10-5(8,3-9)4(6)7/h4H,2H2,1H3. The summed E-state index contributed by atoms with van der Waals surface area (Å²) in [7, 11) is 0. The van der Waals surface area contributed by atoms with E-state index in [4.69, 9.17) is 5.26 Å². The number of hydrogen-bond donors (Lipinski definition) is 0. The molecule has 0 spiro atoms. The van der Waals surface area contributed by atoms with Crippen LogP contribution >= 0.6 is 0 Å². The van der Waals surface area contributed by atoms with E-state index in [0.717, 1.165) is 6.07 Å². The van der Waals surface area contributed by atoms with Crippen molar-refractivity contribution in [2.45, 2.75) is 19.2 Å². The highest BCUT2D eigenvalue weighted by Crippen LogP contribution is 2.20. The maximum atomic E-state index is 12.3. The quantitative estimate of drug-likeness (QED) is 0.615. The molecule has 0 rings (SSSR count). The van der Waals surface area contributed by atoms with E-state index in [1.165, 1.54) is 6.92 Å². The van der Waals surface area contributed by atoms with Crippen molar-refractivity contribution >= 4 is 0 Å². The number of ether oxygens (including phenoxy) is 1. The van der Waals surface area contributed by atoms with Crippen molar-refractivity contribution in [1.82, 2.24) is 0 Å². The van der Waals surface area contributed by atoms with Gasteiger partial charge in [-0.1, -0.05) is 0 Å². The van der Waals surface area contributed by atoms with Crippen LogP contribution in [0.2, 0.25) is 0 Å². The molecule has 0 aliphatic rings. The number of alkyl halides is 3. The number of nitriles is 1. The maximum Gasteiger partial charge on any atom is 0.357 e. The first-order valence-electron chi connectivity index (χ1n) is 2.59. The van der Waals surface area contributed by atoms with E-state index < -0.39 is 12.3 Å². The Morgan fingerprint density at radius 3 is 2.30 bits per heavy atom. The minimum absolute atomic E-state index is 0.256. The molecule has 0 aromatic rings. The summed E-state index contributed by atoms with van der Waals surface area (Å²) in [5.74, 6) is -3.44. The Bertz CT molecular complexity index is 144. The van der Waals surface area contributed by atoms with Crippen LogP contribution in [0, 0.1) is 11.3 Å². The lowest BCUT2D eigenvalue weighted by Gasteiger charge is -2.14. The van der Waals surface area contributed by atoms with Gasteiger partial charge in [0.05, 0.1) is 0 Å². The molecule has 1 atom stereocenters. The van der Waals surface area contributed by atoms with Crippen molar-refractivity contribution in [2.75, 3.05) is 6.61 Å². The van der Waals surface area contributed by atoms with Crippen LogP contribution in [0.3, 0.4) is 0 Å². The summed E-state index contributed by atoms with van der Waals surface area (Å²) in [5.41, 5.74) is 0. The third-order valence-electron chi connectivity index (χ3n) is 0.788. The molecular formula is C5H6F3NO. The fourth-order valence-electron chi connectivity index (χ4n) is 0.354. The highest BCUT2D eigenvalue weighted by molar-refractivity contribution is 4.94. The Morgan fingerprint density at radius 1 is 1.70 bits per heavy atom. The lowest BCUT2D eigenvalue weighted by atomic mass is 10.3. The van der Waals surface area contributed by atoms with Crippen molar-refractivity contribution in [2.24, 2.45) is 0 Å². The molecule has 0 radical (unpaired) electrons. The monoisotopic (exact) mass is 153 g/mol. The molecule has 0 saturated heterocycles. The van der Waals surface area contributed by atoms with Gasteiger partial charge in [-0.15, -0.1) is 0 Å². The van der Waals surface area contributed by atoms with E-state index in [0.29, 0.717) is 0 Å². The minimum Gasteiger partial charge on any atom is -0.331 e. The first-order chi connectivity index (χ1) is 4.56. The first-order valence-corrected chi connectivity index (χ1v) is 2.59. The Morgan fingerprint density at radius 2 is 2.20 bits per heavy atom. The molecule has 0 aromatic carbocycles. The van der Waals surface area contributed by atoms with Crippen molar-refractivity contribution < 1.29 is 17.9 Å². The van der Waals surface area contributed by atoms with Crippen LogP contribution in [0.25, 0.3) is 0 Å². The number of halogens is 3. The Hall–Kier alpha value is -0.760. The molecule has 0 N–H and O–H groups in total. The zero-order valence-corrected chi connectivity index (χ0v) is 5.27. The fourth-order valence-corrected chi connectivity index (χ4v) is 0.354. The molecule has 0 aliphatic carbocycles. The normalized spacial score (nSPS) is 16.4. The zero-order valence-electron chi connectivity index (χ0n) is 5.27. The predicted octanol–water partition coefficient (Wildman–Crippen LogP) is 1.48. The van der Waals surface area contributed by atoms with E-state index in [1.807, 2.05) is 0 Å². The molecule has 58 valence electrons. The van der Waals surface area contributed by atoms with Crippen molar-refractivity contribution in [3.63, 3.8) is 0 Å². The van der Waals surface area contributed by atoms with Gasteiger partial charge in [0.25, 0.3) is 0 Å². The van der Waals surface area contributed by atoms with Gasteiger partial charge in [-0.25, -0.2) is 8.78 Å². The summed E-state index contributed by atoms with van der Waals surface area (Å²) >= 11 is 0. The molecule has 0 fully saturated rings. The fraction of sp³-hybridized carbons (Fsp3) is 0.800. The van der Waals surface area contributed by atoms with Crippen LogP contribution in [0.4, 0.5) is 13.2 Å². The number of hydrogen-bond acceptors (Lipinski definition) is 2. The summed E-state index contributed by atoms with van der Waals surface area (Å²) in [5, 5.41) is 7.86. The lowest BCUT2D eigenvalue weighted by molar-refractivity contribution is -0.179. The Balaban J connectivity index is 4.12. The van der Waals surface area contributed by atoms with E-state index >= 15 is 0 Å². The van der Waals surface area contributed by atoms with Crippen LogP contribution in [-0.2, 0) is 4.74 Å². The van der Waals surface area contributed by atoms with Crippen molar-refractivity contribution in [3.05, 3.63) is 0 Å². The zero-order chi connectivity index (χ0) is 8.20. The second kappa shape index (κ2) is 3.42. The average Bonchev–Trinajstić information content (AvgIpc) is 1.88. The van der Waals surface area contributed by atoms with Crippen LogP contribution < -0.4 is 0 Å². The number of rotatable bonds is 3. The molecule has 0 aliphatic heterocycles. The Labute approximate surface area is 56.2 Å². The molecule has 0 saturated carbocycles. The smallest absolute Gasteiger partial charge is 0.331 e. The SMILES string of the molecule is CCOC(F)(C#N)C(F)F. The second-order valence-electron chi connectivity index (χ2n) is 1.49. The first kappa shape index (κ1) is 9.24. The van der Waals surface area contributed by atoms with E-state index in [9.17, 15) is 13.2 Å². The molecule has 0 heterocycles. The minimum atomic E-state index is -3.44. The highest BCUT2D eigenvalue weighted by atomic mass is 19.3. The topological polar surface area (TPSA) is 33.0 Å². The van der Waals surface area contributed by atoms with Crippen LogP contribution in [0.15, 0.2) is 0 Å². The predicted molar refractivity (Wildman–Crippen MR) is 27.1 cm³/mol. The van der Waals surface area contributed by atoms with Crippen LogP contribution in [-0.4, -0.2) is 18.9 Å². The molecule has 0 aromatic heterocycles. The van der Waals surface area contributed by atoms with Gasteiger partial charge in [0, 0.05) is 6.61 Å². The van der Waals surface area contributed by atoms with Crippen LogP contribution in [0.5, 0.6) is 0 Å². The number of nitrogens with zero attached hydrogens (tertiary/aromatic N) is 1. The van der Waals surface area contributed by atoms with Gasteiger partial charge >= 0.3 is 12.3 Å². The van der Waals surface area contributed by atoms with E-state index in [1.54, 1.807) is 0 Å². The average molecular weight is 153 g/mol. The summed E-state index contributed by atoms with van der Waals surface area (Å²) in [6.07, 6.45) is -3.42. The summed E-state index contributed by atoms with van der Waals surface area (Å²) in [4.78, 5) is 0. The highest BCUT2D eigenvalue weighted by Gasteiger charge is 2.41. The second-order valence-corrected chi connectivity index (χ2v) is 1.49. The summed E-state index contributed by atoms with van der Waals surface area (Å²) in [6, 6.07) is 0.740. The van der Waals surface area contributed by atoms with E-state index in [-0.39, 0.29) is 6.61 Å². The van der Waals surface area contributed by atoms with Gasteiger partial charge in [0.1, 0.15) is 6.07 Å². The molecular weight excluding hydrogens is 147 g/mol. The molecule has 2 nitrogen and oxygen atoms in total. The molecule has 10 heavy (non-hydrogen) atoms. The van der Waals surface area contributed by atoms with E-state index in [2.05, 4.69) is 4.74 Å². The van der Waals surface area contributed by atoms with Crippen LogP contribution in [0.1, 0.15) is 6.92 Å².